The Balaban J connectivity index is 1.77. The number of nitrogens with one attached hydrogen (secondary N) is 1. The van der Waals surface area contributed by atoms with Crippen molar-refractivity contribution in [2.45, 2.75) is 78.2 Å². The van der Waals surface area contributed by atoms with Crippen LogP contribution in [0.3, 0.4) is 0 Å². The molecule has 0 radical (unpaired) electrons. The fraction of sp³-hybridized carbons (Fsp3) is 1.00. The third kappa shape index (κ3) is 5.37. The molecule has 2 unspecified atom stereocenters. The number of likely N-dealkylation sites (tertiary alicyclic amines) is 1. The van der Waals surface area contributed by atoms with E-state index in [0.29, 0.717) is 5.41 Å². The summed E-state index contributed by atoms with van der Waals surface area (Å²) in [7, 11) is 0. The molecule has 0 aromatic rings. The van der Waals surface area contributed by atoms with Crippen molar-refractivity contribution >= 4 is 0 Å². The van der Waals surface area contributed by atoms with Gasteiger partial charge in [0.25, 0.3) is 0 Å². The van der Waals surface area contributed by atoms with Gasteiger partial charge >= 0.3 is 0 Å². The van der Waals surface area contributed by atoms with Crippen molar-refractivity contribution in [3.05, 3.63) is 0 Å². The van der Waals surface area contributed by atoms with Gasteiger partial charge in [-0.1, -0.05) is 33.6 Å². The van der Waals surface area contributed by atoms with Gasteiger partial charge in [0.15, 0.2) is 0 Å². The van der Waals surface area contributed by atoms with Crippen LogP contribution in [0.15, 0.2) is 0 Å². The predicted molar refractivity (Wildman–Crippen MR) is 88.1 cm³/mol. The maximum atomic E-state index is 3.76. The van der Waals surface area contributed by atoms with E-state index in [0.717, 1.165) is 12.0 Å². The molecule has 0 spiro atoms. The first-order chi connectivity index (χ1) is 9.65. The van der Waals surface area contributed by atoms with Crippen LogP contribution in [0.2, 0.25) is 0 Å². The van der Waals surface area contributed by atoms with Crippen LogP contribution in [0, 0.1) is 11.3 Å². The second kappa shape index (κ2) is 7.79. The van der Waals surface area contributed by atoms with Crippen molar-refractivity contribution < 1.29 is 0 Å². The van der Waals surface area contributed by atoms with Gasteiger partial charge < -0.3 is 10.2 Å². The first kappa shape index (κ1) is 16.3. The SMILES string of the molecule is CCCC1CCCN(CC(C)(CC)CNC2CC2)CC1. The average molecular weight is 281 g/mol. The Kier molecular flexibility index (Phi) is 6.35. The lowest BCUT2D eigenvalue weighted by atomic mass is 9.86. The highest BCUT2D eigenvalue weighted by Gasteiger charge is 2.29. The van der Waals surface area contributed by atoms with Gasteiger partial charge in [-0.2, -0.15) is 0 Å². The molecule has 2 nitrogen and oxygen atoms in total. The zero-order valence-corrected chi connectivity index (χ0v) is 14.1. The second-order valence-corrected chi connectivity index (χ2v) is 7.68. The minimum atomic E-state index is 0.465. The van der Waals surface area contributed by atoms with Crippen LogP contribution in [-0.4, -0.2) is 37.1 Å². The Morgan fingerprint density at radius 2 is 1.90 bits per heavy atom. The molecule has 1 N–H and O–H groups in total. The van der Waals surface area contributed by atoms with E-state index in [4.69, 9.17) is 0 Å². The van der Waals surface area contributed by atoms with Crippen LogP contribution >= 0.6 is 0 Å². The Hall–Kier alpha value is -0.0800. The maximum Gasteiger partial charge on any atom is 0.00684 e. The quantitative estimate of drug-likeness (QED) is 0.721. The zero-order valence-electron chi connectivity index (χ0n) is 14.1. The molecule has 2 heteroatoms. The fourth-order valence-corrected chi connectivity index (χ4v) is 3.59. The predicted octanol–water partition coefficient (Wildman–Crippen LogP) is 4.06. The minimum absolute atomic E-state index is 0.465. The van der Waals surface area contributed by atoms with E-state index < -0.39 is 0 Å². The molecule has 2 fully saturated rings. The minimum Gasteiger partial charge on any atom is -0.313 e. The van der Waals surface area contributed by atoms with E-state index in [2.05, 4.69) is 31.0 Å². The van der Waals surface area contributed by atoms with Crippen molar-refractivity contribution in [3.63, 3.8) is 0 Å². The van der Waals surface area contributed by atoms with Crippen molar-refractivity contribution in [2.75, 3.05) is 26.2 Å². The molecular weight excluding hydrogens is 244 g/mol. The molecule has 0 amide bonds. The Morgan fingerprint density at radius 1 is 1.10 bits per heavy atom. The molecular formula is C18H36N2. The van der Waals surface area contributed by atoms with E-state index in [9.17, 15) is 0 Å². The van der Waals surface area contributed by atoms with Gasteiger partial charge in [0.2, 0.25) is 0 Å². The highest BCUT2D eigenvalue weighted by atomic mass is 15.1. The van der Waals surface area contributed by atoms with Gasteiger partial charge in [0, 0.05) is 19.1 Å². The number of rotatable bonds is 8. The smallest absolute Gasteiger partial charge is 0.00684 e. The van der Waals surface area contributed by atoms with Crippen LogP contribution in [0.5, 0.6) is 0 Å². The first-order valence-electron chi connectivity index (χ1n) is 9.11. The van der Waals surface area contributed by atoms with Crippen LogP contribution in [0.25, 0.3) is 0 Å². The first-order valence-corrected chi connectivity index (χ1v) is 9.11. The molecule has 1 saturated carbocycles. The van der Waals surface area contributed by atoms with E-state index in [1.807, 2.05) is 0 Å². The van der Waals surface area contributed by atoms with E-state index in [-0.39, 0.29) is 0 Å². The molecule has 118 valence electrons. The average Bonchev–Trinajstić information content (AvgIpc) is 3.26. The monoisotopic (exact) mass is 280 g/mol. The summed E-state index contributed by atoms with van der Waals surface area (Å²) in [6.45, 7) is 12.4. The lowest BCUT2D eigenvalue weighted by Gasteiger charge is -2.35. The number of nitrogens with zero attached hydrogens (tertiary/aromatic N) is 1. The van der Waals surface area contributed by atoms with Gasteiger partial charge in [0.1, 0.15) is 0 Å². The maximum absolute atomic E-state index is 3.76. The highest BCUT2D eigenvalue weighted by molar-refractivity contribution is 4.87. The summed E-state index contributed by atoms with van der Waals surface area (Å²) in [5, 5.41) is 3.76. The third-order valence-electron chi connectivity index (χ3n) is 5.49. The van der Waals surface area contributed by atoms with Gasteiger partial charge in [-0.25, -0.2) is 0 Å². The molecule has 1 aliphatic heterocycles. The highest BCUT2D eigenvalue weighted by Crippen LogP contribution is 2.28. The zero-order chi connectivity index (χ0) is 14.4. The van der Waals surface area contributed by atoms with Crippen molar-refractivity contribution in [1.29, 1.82) is 0 Å². The van der Waals surface area contributed by atoms with Gasteiger partial charge in [0.05, 0.1) is 0 Å². The third-order valence-corrected chi connectivity index (χ3v) is 5.49. The number of hydrogen-bond donors (Lipinski definition) is 1. The standard InChI is InChI=1S/C18H36N2/c1-4-7-16-8-6-12-20(13-11-16)15-18(3,5-2)14-19-17-9-10-17/h16-17,19H,4-15H2,1-3H3. The molecule has 1 heterocycles. The topological polar surface area (TPSA) is 15.3 Å². The van der Waals surface area contributed by atoms with Crippen LogP contribution in [0.1, 0.15) is 72.1 Å². The van der Waals surface area contributed by atoms with E-state index in [1.165, 1.54) is 77.5 Å². The second-order valence-electron chi connectivity index (χ2n) is 7.68. The molecule has 20 heavy (non-hydrogen) atoms. The van der Waals surface area contributed by atoms with Crippen LogP contribution < -0.4 is 5.32 Å². The van der Waals surface area contributed by atoms with Crippen molar-refractivity contribution in [2.24, 2.45) is 11.3 Å². The van der Waals surface area contributed by atoms with Crippen molar-refractivity contribution in [1.82, 2.24) is 10.2 Å². The molecule has 1 aliphatic carbocycles. The summed E-state index contributed by atoms with van der Waals surface area (Å²) < 4.78 is 0. The van der Waals surface area contributed by atoms with Gasteiger partial charge in [-0.3, -0.25) is 0 Å². The fourth-order valence-electron chi connectivity index (χ4n) is 3.59. The van der Waals surface area contributed by atoms with Gasteiger partial charge in [-0.05, 0) is 62.9 Å². The molecule has 0 aromatic heterocycles. The summed E-state index contributed by atoms with van der Waals surface area (Å²) in [5.74, 6) is 1.00. The summed E-state index contributed by atoms with van der Waals surface area (Å²) in [4.78, 5) is 2.76. The summed E-state index contributed by atoms with van der Waals surface area (Å²) in [6.07, 6.45) is 11.2. The van der Waals surface area contributed by atoms with Crippen LogP contribution in [0.4, 0.5) is 0 Å². The van der Waals surface area contributed by atoms with Gasteiger partial charge in [-0.15, -0.1) is 0 Å². The van der Waals surface area contributed by atoms with E-state index in [1.54, 1.807) is 0 Å². The summed E-state index contributed by atoms with van der Waals surface area (Å²) >= 11 is 0. The molecule has 2 atom stereocenters. The molecule has 1 saturated heterocycles. The molecule has 2 rings (SSSR count). The Labute approximate surface area is 126 Å². The lowest BCUT2D eigenvalue weighted by Crippen LogP contribution is -2.43. The Bertz CT molecular complexity index is 275. The summed E-state index contributed by atoms with van der Waals surface area (Å²) in [5.41, 5.74) is 0.465. The van der Waals surface area contributed by atoms with Crippen LogP contribution in [-0.2, 0) is 0 Å². The van der Waals surface area contributed by atoms with E-state index >= 15 is 0 Å². The number of hydrogen-bond acceptors (Lipinski definition) is 2. The molecule has 2 aliphatic rings. The summed E-state index contributed by atoms with van der Waals surface area (Å²) in [6, 6.07) is 0.846. The molecule has 0 bridgehead atoms. The van der Waals surface area contributed by atoms with Crippen molar-refractivity contribution in [3.8, 4) is 0 Å². The lowest BCUT2D eigenvalue weighted by molar-refractivity contribution is 0.157. The Morgan fingerprint density at radius 3 is 2.55 bits per heavy atom. The normalized spacial score (nSPS) is 28.1. The largest absolute Gasteiger partial charge is 0.313 e. The molecule has 0 aromatic carbocycles.